The molecular formula is C7H11NO3S. The van der Waals surface area contributed by atoms with Crippen molar-refractivity contribution in [1.29, 1.82) is 0 Å². The number of likely N-dealkylation sites (tertiary alicyclic amines) is 1. The smallest absolute Gasteiger partial charge is 0.278 e. The molecule has 0 saturated carbocycles. The Morgan fingerprint density at radius 3 is 3.08 bits per heavy atom. The Balaban J connectivity index is 2.14. The van der Waals surface area contributed by atoms with Gasteiger partial charge in [-0.25, -0.2) is 0 Å². The van der Waals surface area contributed by atoms with Gasteiger partial charge in [0.2, 0.25) is 0 Å². The van der Waals surface area contributed by atoms with Gasteiger partial charge in [0.25, 0.3) is 5.24 Å². The van der Waals surface area contributed by atoms with Crippen molar-refractivity contribution in [2.75, 3.05) is 13.2 Å². The maximum absolute atomic E-state index is 11.0. The van der Waals surface area contributed by atoms with Crippen LogP contribution in [0.25, 0.3) is 0 Å². The number of rotatable bonds is 0. The van der Waals surface area contributed by atoms with Crippen LogP contribution in [-0.2, 0) is 4.74 Å². The summed E-state index contributed by atoms with van der Waals surface area (Å²) in [5.41, 5.74) is 0. The highest BCUT2D eigenvalue weighted by molar-refractivity contribution is 7.96. The quantitative estimate of drug-likeness (QED) is 0.522. The molecule has 1 amide bonds. The van der Waals surface area contributed by atoms with Crippen LogP contribution >= 0.6 is 12.6 Å². The largest absolute Gasteiger partial charge is 0.388 e. The molecule has 0 aliphatic carbocycles. The Labute approximate surface area is 75.9 Å². The Bertz CT molecular complexity index is 211. The van der Waals surface area contributed by atoms with Crippen molar-refractivity contribution in [2.24, 2.45) is 0 Å². The summed E-state index contributed by atoms with van der Waals surface area (Å²) in [4.78, 5) is 12.5. The number of hydrogen-bond acceptors (Lipinski definition) is 3. The molecule has 0 aromatic carbocycles. The first kappa shape index (κ1) is 8.34. The Hall–Kier alpha value is -0.260. The minimum absolute atomic E-state index is 0.0242. The summed E-state index contributed by atoms with van der Waals surface area (Å²) in [5.74, 6) is 0. The Kier molecular flexibility index (Phi) is 2.02. The first-order valence-electron chi connectivity index (χ1n) is 3.99. The van der Waals surface area contributed by atoms with E-state index in [-0.39, 0.29) is 17.4 Å². The number of aliphatic hydroxyl groups excluding tert-OH is 1. The van der Waals surface area contributed by atoms with E-state index in [2.05, 4.69) is 12.6 Å². The van der Waals surface area contributed by atoms with E-state index in [9.17, 15) is 9.90 Å². The number of amides is 1. The monoisotopic (exact) mass is 189 g/mol. The van der Waals surface area contributed by atoms with Gasteiger partial charge in [-0.05, 0) is 6.42 Å². The summed E-state index contributed by atoms with van der Waals surface area (Å²) in [6.45, 7) is 0.988. The standard InChI is InChI=1S/C7H11NO3S/c9-4-3-11-5-1-2-8(6(4)5)7(10)12/h4-6,9H,1-3H2,(H,10,12). The van der Waals surface area contributed by atoms with E-state index >= 15 is 0 Å². The second-order valence-electron chi connectivity index (χ2n) is 3.19. The van der Waals surface area contributed by atoms with Crippen molar-refractivity contribution < 1.29 is 14.6 Å². The molecule has 2 heterocycles. The fourth-order valence-corrected chi connectivity index (χ4v) is 2.20. The number of nitrogens with zero attached hydrogens (tertiary/aromatic N) is 1. The topological polar surface area (TPSA) is 49.8 Å². The molecule has 12 heavy (non-hydrogen) atoms. The molecule has 3 atom stereocenters. The van der Waals surface area contributed by atoms with Gasteiger partial charge in [-0.15, -0.1) is 0 Å². The minimum Gasteiger partial charge on any atom is -0.388 e. The van der Waals surface area contributed by atoms with Crippen LogP contribution in [0.2, 0.25) is 0 Å². The van der Waals surface area contributed by atoms with Crippen molar-refractivity contribution in [3.8, 4) is 0 Å². The van der Waals surface area contributed by atoms with Gasteiger partial charge in [0, 0.05) is 6.54 Å². The summed E-state index contributed by atoms with van der Waals surface area (Å²) in [6.07, 6.45) is 0.304. The third-order valence-corrected chi connectivity index (χ3v) is 2.77. The molecule has 0 bridgehead atoms. The Morgan fingerprint density at radius 1 is 1.67 bits per heavy atom. The summed E-state index contributed by atoms with van der Waals surface area (Å²) < 4.78 is 5.29. The van der Waals surface area contributed by atoms with Crippen molar-refractivity contribution in [2.45, 2.75) is 24.7 Å². The lowest BCUT2D eigenvalue weighted by molar-refractivity contribution is 0.0849. The second kappa shape index (κ2) is 2.90. The maximum Gasteiger partial charge on any atom is 0.278 e. The molecule has 1 N–H and O–H groups in total. The van der Waals surface area contributed by atoms with Gasteiger partial charge >= 0.3 is 0 Å². The van der Waals surface area contributed by atoms with Gasteiger partial charge in [-0.2, -0.15) is 0 Å². The van der Waals surface area contributed by atoms with Crippen LogP contribution in [0.4, 0.5) is 4.79 Å². The summed E-state index contributed by atoms with van der Waals surface area (Å²) in [6, 6.07) is -0.157. The van der Waals surface area contributed by atoms with E-state index in [0.717, 1.165) is 6.42 Å². The molecule has 0 radical (unpaired) electrons. The molecular weight excluding hydrogens is 178 g/mol. The molecule has 0 aromatic heterocycles. The molecule has 4 nitrogen and oxygen atoms in total. The normalized spacial score (nSPS) is 40.2. The number of aliphatic hydroxyl groups is 1. The zero-order valence-corrected chi connectivity index (χ0v) is 7.41. The SMILES string of the molecule is O=C(S)N1CCC2OCC(O)C21. The predicted molar refractivity (Wildman–Crippen MR) is 45.2 cm³/mol. The van der Waals surface area contributed by atoms with Gasteiger partial charge in [0.05, 0.1) is 18.8 Å². The van der Waals surface area contributed by atoms with Gasteiger partial charge in [0.1, 0.15) is 6.10 Å². The molecule has 5 heteroatoms. The molecule has 2 rings (SSSR count). The van der Waals surface area contributed by atoms with Crippen LogP contribution in [0.1, 0.15) is 6.42 Å². The van der Waals surface area contributed by atoms with E-state index in [0.29, 0.717) is 13.2 Å². The lowest BCUT2D eigenvalue weighted by Gasteiger charge is -2.22. The van der Waals surface area contributed by atoms with Crippen molar-refractivity contribution in [3.63, 3.8) is 0 Å². The van der Waals surface area contributed by atoms with Gasteiger partial charge in [0.15, 0.2) is 0 Å². The number of hydrogen-bond donors (Lipinski definition) is 2. The maximum atomic E-state index is 11.0. The summed E-state index contributed by atoms with van der Waals surface area (Å²) in [5, 5.41) is 9.19. The van der Waals surface area contributed by atoms with Crippen LogP contribution in [-0.4, -0.2) is 46.6 Å². The van der Waals surface area contributed by atoms with E-state index in [4.69, 9.17) is 4.74 Å². The molecule has 3 unspecified atom stereocenters. The summed E-state index contributed by atoms with van der Waals surface area (Å²) in [7, 11) is 0. The highest BCUT2D eigenvalue weighted by Crippen LogP contribution is 2.29. The second-order valence-corrected chi connectivity index (χ2v) is 3.58. The molecule has 0 spiro atoms. The molecule has 2 fully saturated rings. The van der Waals surface area contributed by atoms with Crippen LogP contribution in [0, 0.1) is 0 Å². The van der Waals surface area contributed by atoms with E-state index in [1.54, 1.807) is 4.90 Å². The van der Waals surface area contributed by atoms with Crippen molar-refractivity contribution >= 4 is 17.9 Å². The average molecular weight is 189 g/mol. The number of ether oxygens (including phenoxy) is 1. The highest BCUT2D eigenvalue weighted by Gasteiger charge is 2.45. The first-order chi connectivity index (χ1) is 5.70. The molecule has 2 aliphatic heterocycles. The number of carbonyl (C=O) groups excluding carboxylic acids is 1. The minimum atomic E-state index is -0.534. The van der Waals surface area contributed by atoms with Crippen molar-refractivity contribution in [1.82, 2.24) is 4.90 Å². The zero-order valence-electron chi connectivity index (χ0n) is 6.51. The molecule has 68 valence electrons. The summed E-state index contributed by atoms with van der Waals surface area (Å²) >= 11 is 3.74. The van der Waals surface area contributed by atoms with E-state index in [1.807, 2.05) is 0 Å². The fraction of sp³-hybridized carbons (Fsp3) is 0.857. The van der Waals surface area contributed by atoms with E-state index < -0.39 is 6.10 Å². The highest BCUT2D eigenvalue weighted by atomic mass is 32.1. The number of thiol groups is 1. The molecule has 2 aliphatic rings. The third kappa shape index (κ3) is 1.12. The first-order valence-corrected chi connectivity index (χ1v) is 4.44. The van der Waals surface area contributed by atoms with Crippen LogP contribution < -0.4 is 0 Å². The lowest BCUT2D eigenvalue weighted by Crippen LogP contribution is -2.41. The fourth-order valence-electron chi connectivity index (χ4n) is 1.97. The molecule has 2 saturated heterocycles. The number of carbonyl (C=O) groups is 1. The van der Waals surface area contributed by atoms with Crippen molar-refractivity contribution in [3.05, 3.63) is 0 Å². The van der Waals surface area contributed by atoms with Gasteiger partial charge in [-0.1, -0.05) is 12.6 Å². The van der Waals surface area contributed by atoms with Gasteiger partial charge in [-0.3, -0.25) is 4.79 Å². The predicted octanol–water partition coefficient (Wildman–Crippen LogP) is -0.130. The zero-order chi connectivity index (χ0) is 8.72. The van der Waals surface area contributed by atoms with Crippen LogP contribution in [0.3, 0.4) is 0 Å². The van der Waals surface area contributed by atoms with Gasteiger partial charge < -0.3 is 14.7 Å². The lowest BCUT2D eigenvalue weighted by atomic mass is 10.1. The number of fused-ring (bicyclic) bond motifs is 1. The Morgan fingerprint density at radius 2 is 2.42 bits per heavy atom. The third-order valence-electron chi connectivity index (χ3n) is 2.52. The van der Waals surface area contributed by atoms with Crippen LogP contribution in [0.5, 0.6) is 0 Å². The average Bonchev–Trinajstić information content (AvgIpc) is 2.53. The van der Waals surface area contributed by atoms with E-state index in [1.165, 1.54) is 0 Å². The van der Waals surface area contributed by atoms with Crippen LogP contribution in [0.15, 0.2) is 0 Å². The molecule has 0 aromatic rings.